The van der Waals surface area contributed by atoms with Crippen molar-refractivity contribution >= 4 is 29.5 Å². The van der Waals surface area contributed by atoms with Crippen molar-refractivity contribution in [1.82, 2.24) is 20.9 Å². The van der Waals surface area contributed by atoms with E-state index in [0.29, 0.717) is 25.9 Å². The Kier molecular flexibility index (Phi) is 10.4. The zero-order valence-electron chi connectivity index (χ0n) is 22.4. The van der Waals surface area contributed by atoms with Gasteiger partial charge in [0.2, 0.25) is 5.78 Å². The summed E-state index contributed by atoms with van der Waals surface area (Å²) < 4.78 is 16.1. The molecule has 0 spiro atoms. The lowest BCUT2D eigenvalue weighted by Crippen LogP contribution is -2.53. The van der Waals surface area contributed by atoms with E-state index in [0.717, 1.165) is 12.8 Å². The quantitative estimate of drug-likeness (QED) is 0.170. The van der Waals surface area contributed by atoms with E-state index in [1.54, 1.807) is 37.3 Å². The molecule has 0 bridgehead atoms. The van der Waals surface area contributed by atoms with Gasteiger partial charge in [-0.05, 0) is 37.9 Å². The highest BCUT2D eigenvalue weighted by molar-refractivity contribution is 5.99. The summed E-state index contributed by atoms with van der Waals surface area (Å²) in [6, 6.07) is -1.77. The van der Waals surface area contributed by atoms with E-state index < -0.39 is 66.0 Å². The minimum Gasteiger partial charge on any atom is -0.416 e. The molecule has 2 amide bonds. The van der Waals surface area contributed by atoms with E-state index in [1.807, 2.05) is 13.8 Å². The maximum absolute atomic E-state index is 13.7. The molecule has 2 saturated heterocycles. The largest absolute Gasteiger partial charge is 0.416 e. The molecular weight excluding hydrogens is 496 g/mol. The summed E-state index contributed by atoms with van der Waals surface area (Å²) in [4.78, 5) is 66.0. The first-order valence-electron chi connectivity index (χ1n) is 13.2. The molecule has 12 nitrogen and oxygen atoms in total. The summed E-state index contributed by atoms with van der Waals surface area (Å²) in [6.45, 7) is 6.56. The van der Waals surface area contributed by atoms with E-state index in [9.17, 15) is 24.0 Å². The van der Waals surface area contributed by atoms with Crippen LogP contribution in [0.4, 0.5) is 0 Å². The van der Waals surface area contributed by atoms with Crippen LogP contribution in [0.2, 0.25) is 0 Å². The highest BCUT2D eigenvalue weighted by atomic mass is 16.7. The van der Waals surface area contributed by atoms with Crippen LogP contribution in [0.25, 0.3) is 0 Å². The van der Waals surface area contributed by atoms with Crippen molar-refractivity contribution in [3.63, 3.8) is 0 Å². The molecule has 2 fully saturated rings. The number of esters is 2. The Balaban J connectivity index is 1.74. The van der Waals surface area contributed by atoms with Crippen LogP contribution in [0.1, 0.15) is 52.9 Å². The molecule has 0 aromatic rings. The minimum atomic E-state index is -1.86. The van der Waals surface area contributed by atoms with Crippen LogP contribution in [-0.4, -0.2) is 85.2 Å². The summed E-state index contributed by atoms with van der Waals surface area (Å²) in [5.74, 6) is -3.74. The second-order valence-corrected chi connectivity index (χ2v) is 9.77. The van der Waals surface area contributed by atoms with Crippen molar-refractivity contribution in [2.45, 2.75) is 83.5 Å². The number of nitrogens with one attached hydrogen (secondary N) is 3. The molecule has 0 radical (unpaired) electrons. The standard InChI is InChI=1S/C26H38N4O8/c1-5-11-28-22(32)20-21(36-20)23(33)29-18(15(3)6-2)19(31)26(38-25(35)17-10-7-12-27-17)37-24(34)16-9-8-13-30(4)14-16/h8,13-15,17-18,20-21,26-27H,5-7,9-12H2,1-4H3,(H,28,32)(H,29,33). The number of hydrogen-bond donors (Lipinski definition) is 3. The van der Waals surface area contributed by atoms with Gasteiger partial charge in [-0.15, -0.1) is 0 Å². The van der Waals surface area contributed by atoms with Gasteiger partial charge in [-0.2, -0.15) is 0 Å². The lowest BCUT2D eigenvalue weighted by Gasteiger charge is -2.27. The molecular formula is C26H38N4O8. The Morgan fingerprint density at radius 3 is 2.53 bits per heavy atom. The van der Waals surface area contributed by atoms with Crippen molar-refractivity contribution in [1.29, 1.82) is 0 Å². The second kappa shape index (κ2) is 13.5. The van der Waals surface area contributed by atoms with Crippen molar-refractivity contribution in [3.8, 4) is 0 Å². The van der Waals surface area contributed by atoms with Crippen LogP contribution in [0.15, 0.2) is 24.0 Å². The number of Topliss-reactive ketones (excluding diaryl/α,β-unsaturated/α-hetero) is 1. The smallest absolute Gasteiger partial charge is 0.339 e. The number of ether oxygens (including phenoxy) is 3. The molecule has 6 unspecified atom stereocenters. The lowest BCUT2D eigenvalue weighted by atomic mass is 9.94. The Bertz CT molecular complexity index is 974. The predicted molar refractivity (Wildman–Crippen MR) is 135 cm³/mol. The lowest BCUT2D eigenvalue weighted by molar-refractivity contribution is -0.192. The van der Waals surface area contributed by atoms with Crippen molar-refractivity contribution in [2.75, 3.05) is 20.1 Å². The number of ketones is 1. The van der Waals surface area contributed by atoms with Crippen LogP contribution in [0.5, 0.6) is 0 Å². The molecule has 0 aromatic heterocycles. The molecule has 3 heterocycles. The third-order valence-electron chi connectivity index (χ3n) is 6.69. The average molecular weight is 535 g/mol. The van der Waals surface area contributed by atoms with Crippen LogP contribution in [0.3, 0.4) is 0 Å². The SMILES string of the molecule is CCCNC(=O)C1OC1C(=O)NC(C(=O)C(OC(=O)C1=CN(C)C=CC1)OC(=O)C1CCCN1)C(C)CC. The molecule has 6 atom stereocenters. The molecule has 38 heavy (non-hydrogen) atoms. The predicted octanol–water partition coefficient (Wildman–Crippen LogP) is 0.278. The number of carbonyl (C=O) groups excluding carboxylic acids is 5. The topological polar surface area (TPSA) is 156 Å². The Morgan fingerprint density at radius 1 is 1.16 bits per heavy atom. The van der Waals surface area contributed by atoms with Gasteiger partial charge in [-0.25, -0.2) is 4.79 Å². The highest BCUT2D eigenvalue weighted by Crippen LogP contribution is 2.24. The number of hydrogen-bond acceptors (Lipinski definition) is 10. The zero-order valence-corrected chi connectivity index (χ0v) is 22.4. The van der Waals surface area contributed by atoms with Gasteiger partial charge in [0.1, 0.15) is 6.04 Å². The number of epoxide rings is 1. The van der Waals surface area contributed by atoms with Crippen molar-refractivity contribution < 1.29 is 38.2 Å². The Labute approximate surface area is 222 Å². The average Bonchev–Trinajstić information content (AvgIpc) is 3.53. The number of rotatable bonds is 13. The normalized spacial score (nSPS) is 24.5. The molecule has 0 aromatic carbocycles. The van der Waals surface area contributed by atoms with Gasteiger partial charge in [0, 0.05) is 26.2 Å². The Morgan fingerprint density at radius 2 is 1.89 bits per heavy atom. The van der Waals surface area contributed by atoms with Crippen LogP contribution < -0.4 is 16.0 Å². The summed E-state index contributed by atoms with van der Waals surface area (Å²) in [7, 11) is 1.74. The third-order valence-corrected chi connectivity index (χ3v) is 6.69. The van der Waals surface area contributed by atoms with Gasteiger partial charge in [-0.1, -0.05) is 33.3 Å². The van der Waals surface area contributed by atoms with Gasteiger partial charge in [0.25, 0.3) is 11.8 Å². The summed E-state index contributed by atoms with van der Waals surface area (Å²) in [5.41, 5.74) is 0.277. The van der Waals surface area contributed by atoms with Gasteiger partial charge in [-0.3, -0.25) is 19.2 Å². The first kappa shape index (κ1) is 29.3. The maximum atomic E-state index is 13.7. The molecule has 12 heteroatoms. The van der Waals surface area contributed by atoms with Crippen LogP contribution in [-0.2, 0) is 38.2 Å². The van der Waals surface area contributed by atoms with Crippen LogP contribution >= 0.6 is 0 Å². The third kappa shape index (κ3) is 7.64. The zero-order chi connectivity index (χ0) is 27.8. The monoisotopic (exact) mass is 534 g/mol. The van der Waals surface area contributed by atoms with Gasteiger partial charge >= 0.3 is 18.2 Å². The van der Waals surface area contributed by atoms with E-state index in [4.69, 9.17) is 14.2 Å². The van der Waals surface area contributed by atoms with E-state index in [1.165, 1.54) is 0 Å². The summed E-state index contributed by atoms with van der Waals surface area (Å²) >= 11 is 0. The van der Waals surface area contributed by atoms with Crippen molar-refractivity contribution in [2.24, 2.45) is 5.92 Å². The first-order chi connectivity index (χ1) is 18.2. The summed E-state index contributed by atoms with van der Waals surface area (Å²) in [5, 5.41) is 8.29. The molecule has 3 aliphatic rings. The van der Waals surface area contributed by atoms with E-state index in [-0.39, 0.29) is 12.0 Å². The highest BCUT2D eigenvalue weighted by Gasteiger charge is 2.51. The van der Waals surface area contributed by atoms with Gasteiger partial charge in [0.05, 0.1) is 11.6 Å². The molecule has 210 valence electrons. The fourth-order valence-electron chi connectivity index (χ4n) is 4.18. The molecule has 3 rings (SSSR count). The van der Waals surface area contributed by atoms with Crippen molar-refractivity contribution in [3.05, 3.63) is 24.0 Å². The van der Waals surface area contributed by atoms with Gasteiger partial charge < -0.3 is 35.1 Å². The first-order valence-corrected chi connectivity index (χ1v) is 13.2. The number of carbonyl (C=O) groups is 5. The van der Waals surface area contributed by atoms with Gasteiger partial charge in [0.15, 0.2) is 12.2 Å². The molecule has 0 saturated carbocycles. The molecule has 3 aliphatic heterocycles. The van der Waals surface area contributed by atoms with E-state index in [2.05, 4.69) is 16.0 Å². The number of amides is 2. The second-order valence-electron chi connectivity index (χ2n) is 9.77. The van der Waals surface area contributed by atoms with E-state index >= 15 is 0 Å². The fraction of sp³-hybridized carbons (Fsp3) is 0.654. The number of nitrogens with zero attached hydrogens (tertiary/aromatic N) is 1. The Hall–Kier alpha value is -3.25. The number of allylic oxidation sites excluding steroid dienone is 1. The minimum absolute atomic E-state index is 0.277. The molecule has 0 aliphatic carbocycles. The summed E-state index contributed by atoms with van der Waals surface area (Å²) in [6.07, 6.45) is 4.07. The van der Waals surface area contributed by atoms with Crippen LogP contribution in [0, 0.1) is 5.92 Å². The fourth-order valence-corrected chi connectivity index (χ4v) is 4.18. The maximum Gasteiger partial charge on any atom is 0.339 e. The molecule has 3 N–H and O–H groups in total.